The van der Waals surface area contributed by atoms with E-state index in [2.05, 4.69) is 10.4 Å². The third kappa shape index (κ3) is 2.34. The molecule has 3 rings (SSSR count). The summed E-state index contributed by atoms with van der Waals surface area (Å²) in [6.45, 7) is 1.97. The van der Waals surface area contributed by atoms with E-state index in [4.69, 9.17) is 0 Å². The maximum absolute atomic E-state index is 10.6. The van der Waals surface area contributed by atoms with Crippen LogP contribution in [0.5, 0.6) is 0 Å². The molecule has 0 radical (unpaired) electrons. The van der Waals surface area contributed by atoms with Gasteiger partial charge < -0.3 is 5.32 Å². The van der Waals surface area contributed by atoms with Gasteiger partial charge in [0.15, 0.2) is 0 Å². The van der Waals surface area contributed by atoms with Crippen LogP contribution in [0.3, 0.4) is 0 Å². The van der Waals surface area contributed by atoms with Crippen LogP contribution < -0.4 is 5.32 Å². The van der Waals surface area contributed by atoms with Crippen molar-refractivity contribution in [1.29, 1.82) is 0 Å². The minimum atomic E-state index is -0.391. The van der Waals surface area contributed by atoms with Crippen LogP contribution in [0.25, 0.3) is 11.1 Å². The molecule has 1 aliphatic heterocycles. The van der Waals surface area contributed by atoms with Gasteiger partial charge in [0, 0.05) is 30.4 Å². The average molecular weight is 258 g/mol. The van der Waals surface area contributed by atoms with Gasteiger partial charge in [0.1, 0.15) is 0 Å². The molecular formula is C13H14N4O2. The minimum Gasteiger partial charge on any atom is -0.315 e. The second-order valence-electron chi connectivity index (χ2n) is 4.66. The van der Waals surface area contributed by atoms with Crippen molar-refractivity contribution in [3.63, 3.8) is 0 Å². The summed E-state index contributed by atoms with van der Waals surface area (Å²) in [5.41, 5.74) is 2.04. The van der Waals surface area contributed by atoms with Crippen molar-refractivity contribution >= 4 is 5.69 Å². The molecule has 1 aliphatic rings. The second-order valence-corrected chi connectivity index (χ2v) is 4.66. The molecule has 0 bridgehead atoms. The molecule has 1 aromatic heterocycles. The second kappa shape index (κ2) is 4.81. The summed E-state index contributed by atoms with van der Waals surface area (Å²) in [6, 6.07) is 6.96. The van der Waals surface area contributed by atoms with Crippen LogP contribution in [-0.4, -0.2) is 27.8 Å². The molecule has 6 heteroatoms. The van der Waals surface area contributed by atoms with E-state index >= 15 is 0 Å². The fourth-order valence-corrected chi connectivity index (χ4v) is 2.33. The maximum atomic E-state index is 10.6. The Balaban J connectivity index is 1.83. The Morgan fingerprint density at radius 2 is 2.11 bits per heavy atom. The fourth-order valence-electron chi connectivity index (χ4n) is 2.33. The zero-order valence-corrected chi connectivity index (χ0v) is 10.3. The van der Waals surface area contributed by atoms with Gasteiger partial charge in [0.2, 0.25) is 0 Å². The topological polar surface area (TPSA) is 73.0 Å². The van der Waals surface area contributed by atoms with Gasteiger partial charge in [0.05, 0.1) is 17.2 Å². The lowest BCUT2D eigenvalue weighted by molar-refractivity contribution is -0.384. The summed E-state index contributed by atoms with van der Waals surface area (Å²) in [4.78, 5) is 10.2. The van der Waals surface area contributed by atoms with Crippen LogP contribution in [0.2, 0.25) is 0 Å². The first-order valence-corrected chi connectivity index (χ1v) is 6.24. The van der Waals surface area contributed by atoms with Gasteiger partial charge in [-0.15, -0.1) is 0 Å². The Labute approximate surface area is 110 Å². The highest BCUT2D eigenvalue weighted by Gasteiger charge is 2.17. The SMILES string of the molecule is O=[N+]([O-])c1ccc(-c2cnn(C3CCNC3)c2)cc1. The van der Waals surface area contributed by atoms with Crippen LogP contribution in [0, 0.1) is 10.1 Å². The average Bonchev–Trinajstić information content (AvgIpc) is 3.10. The molecule has 1 atom stereocenters. The van der Waals surface area contributed by atoms with Crippen molar-refractivity contribution < 1.29 is 4.92 Å². The summed E-state index contributed by atoms with van der Waals surface area (Å²) in [5.74, 6) is 0. The highest BCUT2D eigenvalue weighted by atomic mass is 16.6. The summed E-state index contributed by atoms with van der Waals surface area (Å²) < 4.78 is 1.97. The molecule has 1 unspecified atom stereocenters. The van der Waals surface area contributed by atoms with Gasteiger partial charge in [-0.2, -0.15) is 5.10 Å². The molecule has 0 spiro atoms. The lowest BCUT2D eigenvalue weighted by Crippen LogP contribution is -2.13. The molecule has 0 amide bonds. The standard InChI is InChI=1S/C13H14N4O2/c18-17(19)12-3-1-10(2-4-12)11-7-15-16(9-11)13-5-6-14-8-13/h1-4,7,9,13-14H,5-6,8H2. The van der Waals surface area contributed by atoms with Gasteiger partial charge in [-0.3, -0.25) is 14.8 Å². The van der Waals surface area contributed by atoms with Crippen LogP contribution in [-0.2, 0) is 0 Å². The van der Waals surface area contributed by atoms with Crippen molar-refractivity contribution in [2.24, 2.45) is 0 Å². The Hall–Kier alpha value is -2.21. The van der Waals surface area contributed by atoms with E-state index in [1.54, 1.807) is 18.3 Å². The van der Waals surface area contributed by atoms with E-state index in [0.29, 0.717) is 6.04 Å². The van der Waals surface area contributed by atoms with E-state index in [-0.39, 0.29) is 5.69 Å². The number of nitrogens with zero attached hydrogens (tertiary/aromatic N) is 3. The molecule has 2 heterocycles. The van der Waals surface area contributed by atoms with Crippen LogP contribution in [0.15, 0.2) is 36.7 Å². The molecule has 2 aromatic rings. The van der Waals surface area contributed by atoms with Gasteiger partial charge in [-0.05, 0) is 30.7 Å². The molecule has 1 aromatic carbocycles. The van der Waals surface area contributed by atoms with Crippen LogP contribution in [0.1, 0.15) is 12.5 Å². The maximum Gasteiger partial charge on any atom is 0.269 e. The van der Waals surface area contributed by atoms with E-state index in [0.717, 1.165) is 30.6 Å². The normalized spacial score (nSPS) is 18.6. The predicted octanol–water partition coefficient (Wildman–Crippen LogP) is 1.99. The van der Waals surface area contributed by atoms with Gasteiger partial charge in [-0.25, -0.2) is 0 Å². The van der Waals surface area contributed by atoms with E-state index in [1.807, 2.05) is 10.9 Å². The lowest BCUT2D eigenvalue weighted by atomic mass is 10.1. The summed E-state index contributed by atoms with van der Waals surface area (Å²) >= 11 is 0. The van der Waals surface area contributed by atoms with Crippen molar-refractivity contribution in [2.45, 2.75) is 12.5 Å². The van der Waals surface area contributed by atoms with Crippen LogP contribution in [0.4, 0.5) is 5.69 Å². The summed E-state index contributed by atoms with van der Waals surface area (Å²) in [6.07, 6.45) is 4.89. The summed E-state index contributed by atoms with van der Waals surface area (Å²) in [5, 5.41) is 18.3. The van der Waals surface area contributed by atoms with Crippen molar-refractivity contribution in [3.05, 3.63) is 46.8 Å². The number of nitro benzene ring substituents is 1. The Morgan fingerprint density at radius 1 is 1.32 bits per heavy atom. The van der Waals surface area contributed by atoms with E-state index in [1.165, 1.54) is 12.1 Å². The van der Waals surface area contributed by atoms with E-state index < -0.39 is 4.92 Å². The molecule has 98 valence electrons. The van der Waals surface area contributed by atoms with Crippen LogP contribution >= 0.6 is 0 Å². The molecule has 6 nitrogen and oxygen atoms in total. The fraction of sp³-hybridized carbons (Fsp3) is 0.308. The third-order valence-corrected chi connectivity index (χ3v) is 3.42. The zero-order chi connectivity index (χ0) is 13.2. The van der Waals surface area contributed by atoms with E-state index in [9.17, 15) is 10.1 Å². The van der Waals surface area contributed by atoms with Gasteiger partial charge >= 0.3 is 0 Å². The first-order valence-electron chi connectivity index (χ1n) is 6.24. The number of benzene rings is 1. The monoisotopic (exact) mass is 258 g/mol. The number of hydrogen-bond donors (Lipinski definition) is 1. The molecule has 19 heavy (non-hydrogen) atoms. The molecule has 1 saturated heterocycles. The molecule has 1 fully saturated rings. The molecule has 0 saturated carbocycles. The third-order valence-electron chi connectivity index (χ3n) is 3.42. The highest BCUT2D eigenvalue weighted by Crippen LogP contribution is 2.24. The first-order chi connectivity index (χ1) is 9.24. The smallest absolute Gasteiger partial charge is 0.269 e. The first kappa shape index (κ1) is 11.9. The molecule has 1 N–H and O–H groups in total. The van der Waals surface area contributed by atoms with Gasteiger partial charge in [0.25, 0.3) is 5.69 Å². The number of aromatic nitrogens is 2. The number of rotatable bonds is 3. The van der Waals surface area contributed by atoms with Crippen molar-refractivity contribution in [3.8, 4) is 11.1 Å². The predicted molar refractivity (Wildman–Crippen MR) is 70.8 cm³/mol. The zero-order valence-electron chi connectivity index (χ0n) is 10.3. The number of hydrogen-bond acceptors (Lipinski definition) is 4. The Kier molecular flexibility index (Phi) is 3.00. The number of nitrogens with one attached hydrogen (secondary N) is 1. The molecule has 0 aliphatic carbocycles. The lowest BCUT2D eigenvalue weighted by Gasteiger charge is -2.07. The number of non-ortho nitro benzene ring substituents is 1. The minimum absolute atomic E-state index is 0.108. The Bertz CT molecular complexity index is 585. The number of nitro groups is 1. The summed E-state index contributed by atoms with van der Waals surface area (Å²) in [7, 11) is 0. The van der Waals surface area contributed by atoms with Crippen molar-refractivity contribution in [2.75, 3.05) is 13.1 Å². The highest BCUT2D eigenvalue weighted by molar-refractivity contribution is 5.63. The van der Waals surface area contributed by atoms with Crippen molar-refractivity contribution in [1.82, 2.24) is 15.1 Å². The van der Waals surface area contributed by atoms with Gasteiger partial charge in [-0.1, -0.05) is 0 Å². The Morgan fingerprint density at radius 3 is 2.74 bits per heavy atom. The molecular weight excluding hydrogens is 244 g/mol. The largest absolute Gasteiger partial charge is 0.315 e. The quantitative estimate of drug-likeness (QED) is 0.675.